The summed E-state index contributed by atoms with van der Waals surface area (Å²) < 4.78 is 0. The third-order valence-electron chi connectivity index (χ3n) is 4.66. The lowest BCUT2D eigenvalue weighted by Gasteiger charge is -2.34. The molecule has 1 amide bonds. The molecule has 3 nitrogen and oxygen atoms in total. The van der Waals surface area contributed by atoms with Gasteiger partial charge in [-0.1, -0.05) is 43.3 Å². The van der Waals surface area contributed by atoms with Crippen LogP contribution in [0.5, 0.6) is 0 Å². The van der Waals surface area contributed by atoms with E-state index in [0.717, 1.165) is 29.5 Å². The number of nitrogens with one attached hydrogen (secondary N) is 1. The van der Waals surface area contributed by atoms with Gasteiger partial charge in [0.15, 0.2) is 0 Å². The van der Waals surface area contributed by atoms with E-state index in [-0.39, 0.29) is 11.9 Å². The maximum atomic E-state index is 12.6. The number of likely N-dealkylation sites (tertiary alicyclic amines) is 1. The fourth-order valence-electron chi connectivity index (χ4n) is 3.31. The molecular weight excluding hydrogens is 272 g/mol. The van der Waals surface area contributed by atoms with Gasteiger partial charge in [0, 0.05) is 17.6 Å². The standard InChI is InChI=1S/C19H24N2O/c1-14-7-6-12-21(13-14)15(2)19(22)20-18-11-5-9-16-8-3-4-10-17(16)18/h3-5,8-11,14-15H,6-7,12-13H2,1-2H3,(H,20,22)/t14-,15+/m0/s1. The van der Waals surface area contributed by atoms with E-state index in [4.69, 9.17) is 0 Å². The molecule has 2 aromatic rings. The van der Waals surface area contributed by atoms with Crippen LogP contribution in [-0.2, 0) is 4.79 Å². The molecule has 1 N–H and O–H groups in total. The van der Waals surface area contributed by atoms with Gasteiger partial charge in [-0.3, -0.25) is 9.69 Å². The Balaban J connectivity index is 1.75. The summed E-state index contributed by atoms with van der Waals surface area (Å²) in [6.07, 6.45) is 2.46. The zero-order chi connectivity index (χ0) is 15.5. The Morgan fingerprint density at radius 3 is 2.82 bits per heavy atom. The number of anilines is 1. The van der Waals surface area contributed by atoms with Crippen molar-refractivity contribution in [3.8, 4) is 0 Å². The van der Waals surface area contributed by atoms with Crippen molar-refractivity contribution < 1.29 is 4.79 Å². The number of rotatable bonds is 3. The molecule has 1 aliphatic rings. The van der Waals surface area contributed by atoms with Gasteiger partial charge in [-0.15, -0.1) is 0 Å². The van der Waals surface area contributed by atoms with Gasteiger partial charge >= 0.3 is 0 Å². The summed E-state index contributed by atoms with van der Waals surface area (Å²) in [5.41, 5.74) is 0.903. The van der Waals surface area contributed by atoms with Crippen molar-refractivity contribution >= 4 is 22.4 Å². The maximum absolute atomic E-state index is 12.6. The van der Waals surface area contributed by atoms with Crippen molar-refractivity contribution in [1.82, 2.24) is 4.90 Å². The van der Waals surface area contributed by atoms with E-state index in [2.05, 4.69) is 35.3 Å². The summed E-state index contributed by atoms with van der Waals surface area (Å²) in [5, 5.41) is 5.36. The number of amides is 1. The largest absolute Gasteiger partial charge is 0.324 e. The lowest BCUT2D eigenvalue weighted by molar-refractivity contribution is -0.121. The van der Waals surface area contributed by atoms with Crippen LogP contribution in [-0.4, -0.2) is 29.9 Å². The SMILES string of the molecule is C[C@H]1CCCN([C@H](C)C(=O)Nc2cccc3ccccc23)C1. The summed E-state index contributed by atoms with van der Waals surface area (Å²) in [5.74, 6) is 0.770. The van der Waals surface area contributed by atoms with Crippen LogP contribution in [0.3, 0.4) is 0 Å². The molecule has 0 saturated carbocycles. The minimum Gasteiger partial charge on any atom is -0.324 e. The minimum atomic E-state index is -0.0817. The predicted molar refractivity (Wildman–Crippen MR) is 92.0 cm³/mol. The fourth-order valence-corrected chi connectivity index (χ4v) is 3.31. The Labute approximate surface area is 132 Å². The van der Waals surface area contributed by atoms with E-state index in [1.807, 2.05) is 31.2 Å². The molecule has 1 fully saturated rings. The van der Waals surface area contributed by atoms with Gasteiger partial charge in [-0.2, -0.15) is 0 Å². The topological polar surface area (TPSA) is 32.3 Å². The van der Waals surface area contributed by atoms with Gasteiger partial charge in [0.05, 0.1) is 6.04 Å². The quantitative estimate of drug-likeness (QED) is 0.931. The molecule has 0 spiro atoms. The van der Waals surface area contributed by atoms with Gasteiger partial charge in [0.2, 0.25) is 5.91 Å². The van der Waals surface area contributed by atoms with Crippen LogP contribution in [0.25, 0.3) is 10.8 Å². The Kier molecular flexibility index (Phi) is 4.44. The van der Waals surface area contributed by atoms with Gasteiger partial charge in [-0.25, -0.2) is 0 Å². The van der Waals surface area contributed by atoms with Crippen LogP contribution < -0.4 is 5.32 Å². The number of nitrogens with zero attached hydrogens (tertiary/aromatic N) is 1. The summed E-state index contributed by atoms with van der Waals surface area (Å²) in [7, 11) is 0. The predicted octanol–water partition coefficient (Wildman–Crippen LogP) is 3.90. The van der Waals surface area contributed by atoms with Crippen molar-refractivity contribution in [3.05, 3.63) is 42.5 Å². The van der Waals surface area contributed by atoms with Crippen LogP contribution in [0.15, 0.2) is 42.5 Å². The number of carbonyl (C=O) groups is 1. The van der Waals surface area contributed by atoms with Gasteiger partial charge in [0.1, 0.15) is 0 Å². The van der Waals surface area contributed by atoms with E-state index in [1.165, 1.54) is 12.8 Å². The molecule has 1 aliphatic heterocycles. The number of carbonyl (C=O) groups excluding carboxylic acids is 1. The average Bonchev–Trinajstić information content (AvgIpc) is 2.54. The Morgan fingerprint density at radius 2 is 2.00 bits per heavy atom. The molecule has 2 atom stereocenters. The van der Waals surface area contributed by atoms with Crippen LogP contribution in [0.2, 0.25) is 0 Å². The highest BCUT2D eigenvalue weighted by Gasteiger charge is 2.25. The van der Waals surface area contributed by atoms with Gasteiger partial charge in [0.25, 0.3) is 0 Å². The molecular formula is C19H24N2O. The summed E-state index contributed by atoms with van der Waals surface area (Å²) in [6, 6.07) is 14.1. The second kappa shape index (κ2) is 6.49. The third-order valence-corrected chi connectivity index (χ3v) is 4.66. The van der Waals surface area contributed by atoms with Crippen molar-refractivity contribution in [2.24, 2.45) is 5.92 Å². The number of fused-ring (bicyclic) bond motifs is 1. The number of piperidine rings is 1. The molecule has 0 aromatic heterocycles. The summed E-state index contributed by atoms with van der Waals surface area (Å²) >= 11 is 0. The van der Waals surface area contributed by atoms with E-state index >= 15 is 0 Å². The van der Waals surface area contributed by atoms with Crippen molar-refractivity contribution in [3.63, 3.8) is 0 Å². The normalized spacial score (nSPS) is 20.7. The fraction of sp³-hybridized carbons (Fsp3) is 0.421. The second-order valence-corrected chi connectivity index (χ2v) is 6.43. The zero-order valence-electron chi connectivity index (χ0n) is 13.4. The van der Waals surface area contributed by atoms with E-state index in [9.17, 15) is 4.79 Å². The number of hydrogen-bond donors (Lipinski definition) is 1. The smallest absolute Gasteiger partial charge is 0.241 e. The van der Waals surface area contributed by atoms with Crippen LogP contribution in [0.1, 0.15) is 26.7 Å². The highest BCUT2D eigenvalue weighted by molar-refractivity contribution is 6.03. The van der Waals surface area contributed by atoms with Crippen molar-refractivity contribution in [2.45, 2.75) is 32.7 Å². The maximum Gasteiger partial charge on any atom is 0.241 e. The monoisotopic (exact) mass is 296 g/mol. The molecule has 22 heavy (non-hydrogen) atoms. The first-order valence-electron chi connectivity index (χ1n) is 8.18. The van der Waals surface area contributed by atoms with Crippen LogP contribution in [0.4, 0.5) is 5.69 Å². The van der Waals surface area contributed by atoms with Gasteiger partial charge < -0.3 is 5.32 Å². The molecule has 0 bridgehead atoms. The Bertz CT molecular complexity index is 662. The first-order chi connectivity index (χ1) is 10.6. The molecule has 0 aliphatic carbocycles. The Hall–Kier alpha value is -1.87. The van der Waals surface area contributed by atoms with Crippen LogP contribution >= 0.6 is 0 Å². The number of benzene rings is 2. The summed E-state index contributed by atoms with van der Waals surface area (Å²) in [4.78, 5) is 14.9. The van der Waals surface area contributed by atoms with Gasteiger partial charge in [-0.05, 0) is 43.7 Å². The highest BCUT2D eigenvalue weighted by Crippen LogP contribution is 2.24. The van der Waals surface area contributed by atoms with Crippen LogP contribution in [0, 0.1) is 5.92 Å². The third kappa shape index (κ3) is 3.14. The molecule has 0 unspecified atom stereocenters. The molecule has 3 rings (SSSR count). The van der Waals surface area contributed by atoms with E-state index < -0.39 is 0 Å². The van der Waals surface area contributed by atoms with Crippen molar-refractivity contribution in [1.29, 1.82) is 0 Å². The molecule has 0 radical (unpaired) electrons. The molecule has 3 heteroatoms. The first-order valence-corrected chi connectivity index (χ1v) is 8.18. The molecule has 1 heterocycles. The average molecular weight is 296 g/mol. The number of hydrogen-bond acceptors (Lipinski definition) is 2. The van der Waals surface area contributed by atoms with Crippen molar-refractivity contribution in [2.75, 3.05) is 18.4 Å². The first kappa shape index (κ1) is 15.0. The minimum absolute atomic E-state index is 0.0817. The molecule has 116 valence electrons. The van der Waals surface area contributed by atoms with E-state index in [0.29, 0.717) is 5.92 Å². The molecule has 1 saturated heterocycles. The summed E-state index contributed by atoms with van der Waals surface area (Å²) in [6.45, 7) is 6.32. The molecule has 2 aromatic carbocycles. The van der Waals surface area contributed by atoms with E-state index in [1.54, 1.807) is 0 Å². The lowest BCUT2D eigenvalue weighted by Crippen LogP contribution is -2.46. The zero-order valence-corrected chi connectivity index (χ0v) is 13.4. The Morgan fingerprint density at radius 1 is 1.23 bits per heavy atom. The lowest BCUT2D eigenvalue weighted by atomic mass is 9.99. The highest BCUT2D eigenvalue weighted by atomic mass is 16.2. The second-order valence-electron chi connectivity index (χ2n) is 6.43.